The van der Waals surface area contributed by atoms with E-state index in [1.54, 1.807) is 0 Å². The molecule has 1 saturated heterocycles. The summed E-state index contributed by atoms with van der Waals surface area (Å²) in [6, 6.07) is 8.30. The Labute approximate surface area is 190 Å². The Morgan fingerprint density at radius 1 is 1.19 bits per heavy atom. The maximum absolute atomic E-state index is 12.8. The molecule has 1 heterocycles. The van der Waals surface area contributed by atoms with Crippen molar-refractivity contribution >= 4 is 51.9 Å². The number of benzene rings is 2. The van der Waals surface area contributed by atoms with E-state index in [9.17, 15) is 33.0 Å². The van der Waals surface area contributed by atoms with Crippen LogP contribution in [0.5, 0.6) is 11.5 Å². The predicted molar refractivity (Wildman–Crippen MR) is 119 cm³/mol. The molecule has 0 saturated carbocycles. The van der Waals surface area contributed by atoms with Crippen molar-refractivity contribution in [3.05, 3.63) is 58.5 Å². The van der Waals surface area contributed by atoms with Crippen molar-refractivity contribution in [3.8, 4) is 11.5 Å². The lowest BCUT2D eigenvalue weighted by atomic mass is 10.1. The number of aromatic hydroxyl groups is 2. The van der Waals surface area contributed by atoms with Gasteiger partial charge in [-0.05, 0) is 42.8 Å². The topological polar surface area (TPSA) is 89.9 Å². The van der Waals surface area contributed by atoms with Crippen LogP contribution in [-0.2, 0) is 15.8 Å². The van der Waals surface area contributed by atoms with Gasteiger partial charge in [-0.15, -0.1) is 0 Å². The molecule has 0 radical (unpaired) electrons. The number of hydrogen-bond acceptors (Lipinski definition) is 6. The number of amides is 2. The normalized spacial score (nSPS) is 15.5. The van der Waals surface area contributed by atoms with Crippen LogP contribution < -0.4 is 5.32 Å². The number of alkyl halides is 3. The van der Waals surface area contributed by atoms with Crippen LogP contribution in [0.3, 0.4) is 0 Å². The zero-order valence-corrected chi connectivity index (χ0v) is 18.0. The van der Waals surface area contributed by atoms with E-state index >= 15 is 0 Å². The predicted octanol–water partition coefficient (Wildman–Crippen LogP) is 4.74. The number of carbonyl (C=O) groups excluding carboxylic acids is 2. The Balaban J connectivity index is 1.56. The first kappa shape index (κ1) is 23.6. The lowest BCUT2D eigenvalue weighted by Gasteiger charge is -2.14. The van der Waals surface area contributed by atoms with Gasteiger partial charge in [-0.25, -0.2) is 0 Å². The lowest BCUT2D eigenvalue weighted by Crippen LogP contribution is -2.29. The number of thioether (sulfide) groups is 1. The second kappa shape index (κ2) is 9.61. The maximum Gasteiger partial charge on any atom is 0.416 e. The van der Waals surface area contributed by atoms with Gasteiger partial charge in [0.2, 0.25) is 5.91 Å². The maximum atomic E-state index is 12.8. The minimum absolute atomic E-state index is 0.0227. The smallest absolute Gasteiger partial charge is 0.416 e. The molecule has 2 aromatic rings. The SMILES string of the molecule is O=C(CCCN1C(=O)/C(=C/c2ccc(O)cc2O)SC1=S)Nc1cccc(C(F)(F)F)c1. The van der Waals surface area contributed by atoms with Gasteiger partial charge in [0.25, 0.3) is 5.91 Å². The highest BCUT2D eigenvalue weighted by molar-refractivity contribution is 8.26. The van der Waals surface area contributed by atoms with E-state index in [2.05, 4.69) is 5.32 Å². The molecule has 3 rings (SSSR count). The van der Waals surface area contributed by atoms with Crippen LogP contribution in [0.25, 0.3) is 6.08 Å². The molecule has 6 nitrogen and oxygen atoms in total. The van der Waals surface area contributed by atoms with Gasteiger partial charge in [-0.3, -0.25) is 14.5 Å². The average molecular weight is 483 g/mol. The molecule has 32 heavy (non-hydrogen) atoms. The molecule has 0 aromatic heterocycles. The van der Waals surface area contributed by atoms with Crippen molar-refractivity contribution in [2.45, 2.75) is 19.0 Å². The van der Waals surface area contributed by atoms with Crippen LogP contribution >= 0.6 is 24.0 Å². The van der Waals surface area contributed by atoms with Crippen LogP contribution in [0, 0.1) is 0 Å². The number of carbonyl (C=O) groups is 2. The van der Waals surface area contributed by atoms with Crippen LogP contribution in [0.15, 0.2) is 47.4 Å². The summed E-state index contributed by atoms with van der Waals surface area (Å²) in [5.74, 6) is -1.18. The van der Waals surface area contributed by atoms with Gasteiger partial charge < -0.3 is 15.5 Å². The van der Waals surface area contributed by atoms with Gasteiger partial charge in [0.15, 0.2) is 0 Å². The number of anilines is 1. The standard InChI is InChI=1S/C21H17F3N2O4S2/c22-21(23,24)13-3-1-4-14(10-13)25-18(29)5-2-8-26-19(30)17(32-20(26)31)9-12-6-7-15(27)11-16(12)28/h1,3-4,6-7,9-11,27-28H,2,5,8H2,(H,25,29)/b17-9-. The molecule has 0 spiro atoms. The average Bonchev–Trinajstić information content (AvgIpc) is 2.97. The second-order valence-corrected chi connectivity index (χ2v) is 8.48. The molecule has 0 aliphatic carbocycles. The molecule has 0 bridgehead atoms. The highest BCUT2D eigenvalue weighted by Gasteiger charge is 2.32. The highest BCUT2D eigenvalue weighted by atomic mass is 32.2. The fraction of sp³-hybridized carbons (Fsp3) is 0.190. The number of nitrogens with zero attached hydrogens (tertiary/aromatic N) is 1. The van der Waals surface area contributed by atoms with Crippen LogP contribution in [0.2, 0.25) is 0 Å². The van der Waals surface area contributed by atoms with Crippen LogP contribution in [0.1, 0.15) is 24.0 Å². The third-order valence-electron chi connectivity index (χ3n) is 4.43. The fourth-order valence-electron chi connectivity index (χ4n) is 2.88. The van der Waals surface area contributed by atoms with E-state index in [1.165, 1.54) is 35.2 Å². The summed E-state index contributed by atoms with van der Waals surface area (Å²) in [6.07, 6.45) is -2.83. The molecule has 0 atom stereocenters. The van der Waals surface area contributed by atoms with Crippen molar-refractivity contribution in [3.63, 3.8) is 0 Å². The Morgan fingerprint density at radius 2 is 1.94 bits per heavy atom. The number of phenols is 2. The highest BCUT2D eigenvalue weighted by Crippen LogP contribution is 2.35. The number of thiocarbonyl (C=S) groups is 1. The number of rotatable bonds is 6. The molecule has 2 amide bonds. The summed E-state index contributed by atoms with van der Waals surface area (Å²) >= 11 is 6.26. The Bertz CT molecular complexity index is 1100. The number of halogens is 3. The molecule has 3 N–H and O–H groups in total. The second-order valence-electron chi connectivity index (χ2n) is 6.81. The van der Waals surface area contributed by atoms with Crippen molar-refractivity contribution in [2.24, 2.45) is 0 Å². The summed E-state index contributed by atoms with van der Waals surface area (Å²) in [4.78, 5) is 26.3. The first-order valence-corrected chi connectivity index (χ1v) is 10.5. The van der Waals surface area contributed by atoms with Crippen LogP contribution in [0.4, 0.5) is 18.9 Å². The van der Waals surface area contributed by atoms with E-state index in [1.807, 2.05) is 0 Å². The molecule has 11 heteroatoms. The minimum atomic E-state index is -4.51. The van der Waals surface area contributed by atoms with Crippen molar-refractivity contribution in [1.29, 1.82) is 0 Å². The molecule has 2 aromatic carbocycles. The molecular formula is C21H17F3N2O4S2. The zero-order chi connectivity index (χ0) is 23.5. The van der Waals surface area contributed by atoms with Gasteiger partial charge in [0.1, 0.15) is 15.8 Å². The molecule has 1 aliphatic rings. The quantitative estimate of drug-likeness (QED) is 0.407. The van der Waals surface area contributed by atoms with Crippen molar-refractivity contribution in [2.75, 3.05) is 11.9 Å². The Kier molecular flexibility index (Phi) is 7.09. The summed E-state index contributed by atoms with van der Waals surface area (Å²) < 4.78 is 38.6. The minimum Gasteiger partial charge on any atom is -0.508 e. The largest absolute Gasteiger partial charge is 0.508 e. The molecular weight excluding hydrogens is 465 g/mol. The number of phenolic OH excluding ortho intramolecular Hbond substituents is 2. The first-order chi connectivity index (χ1) is 15.0. The van der Waals surface area contributed by atoms with Gasteiger partial charge in [-0.1, -0.05) is 30.0 Å². The Morgan fingerprint density at radius 3 is 2.62 bits per heavy atom. The summed E-state index contributed by atoms with van der Waals surface area (Å²) in [5, 5.41) is 21.6. The summed E-state index contributed by atoms with van der Waals surface area (Å²) in [5.41, 5.74) is -0.491. The zero-order valence-electron chi connectivity index (χ0n) is 16.3. The van der Waals surface area contributed by atoms with Crippen molar-refractivity contribution < 1.29 is 33.0 Å². The molecule has 168 valence electrons. The third-order valence-corrected chi connectivity index (χ3v) is 5.81. The third kappa shape index (κ3) is 5.80. The van der Waals surface area contributed by atoms with E-state index in [0.717, 1.165) is 30.0 Å². The molecule has 1 fully saturated rings. The lowest BCUT2D eigenvalue weighted by molar-refractivity contribution is -0.137. The fourth-order valence-corrected chi connectivity index (χ4v) is 4.18. The molecule has 0 unspecified atom stereocenters. The number of hydrogen-bond donors (Lipinski definition) is 3. The van der Waals surface area contributed by atoms with E-state index < -0.39 is 17.6 Å². The van der Waals surface area contributed by atoms with E-state index in [-0.39, 0.29) is 51.7 Å². The summed E-state index contributed by atoms with van der Waals surface area (Å²) in [7, 11) is 0. The van der Waals surface area contributed by atoms with Crippen molar-refractivity contribution in [1.82, 2.24) is 4.90 Å². The van der Waals surface area contributed by atoms with Crippen LogP contribution in [-0.4, -0.2) is 37.8 Å². The van der Waals surface area contributed by atoms with Gasteiger partial charge in [-0.2, -0.15) is 13.2 Å². The van der Waals surface area contributed by atoms with Gasteiger partial charge in [0.05, 0.1) is 10.5 Å². The van der Waals surface area contributed by atoms with E-state index in [0.29, 0.717) is 5.56 Å². The monoisotopic (exact) mass is 482 g/mol. The molecule has 1 aliphatic heterocycles. The number of nitrogens with one attached hydrogen (secondary N) is 1. The summed E-state index contributed by atoms with van der Waals surface area (Å²) in [6.45, 7) is 0.152. The van der Waals surface area contributed by atoms with E-state index in [4.69, 9.17) is 12.2 Å². The van der Waals surface area contributed by atoms with Gasteiger partial charge >= 0.3 is 6.18 Å². The Hall–Kier alpha value is -3.05. The first-order valence-electron chi connectivity index (χ1n) is 9.29. The van der Waals surface area contributed by atoms with Gasteiger partial charge in [0, 0.05) is 30.3 Å².